The van der Waals surface area contributed by atoms with E-state index in [0.29, 0.717) is 10.4 Å². The minimum Gasteiger partial charge on any atom is -0.744 e. The average molecular weight is 245 g/mol. The van der Waals surface area contributed by atoms with Gasteiger partial charge in [0.25, 0.3) is 0 Å². The number of nitrogens with zero attached hydrogens (tertiary/aromatic N) is 2. The van der Waals surface area contributed by atoms with Crippen molar-refractivity contribution in [2.75, 3.05) is 6.26 Å². The molecule has 0 atom stereocenters. The number of aromatic nitrogens is 2. The summed E-state index contributed by atoms with van der Waals surface area (Å²) in [6, 6.07) is 2.71. The summed E-state index contributed by atoms with van der Waals surface area (Å²) in [4.78, 5) is 0.301. The van der Waals surface area contributed by atoms with Crippen molar-refractivity contribution in [2.45, 2.75) is 9.79 Å². The fraction of sp³-hybridized carbons (Fsp3) is 0.143. The van der Waals surface area contributed by atoms with Crippen molar-refractivity contribution in [3.8, 4) is 0 Å². The lowest BCUT2D eigenvalue weighted by Crippen LogP contribution is -1.99. The highest BCUT2D eigenvalue weighted by molar-refractivity contribution is 7.98. The lowest BCUT2D eigenvalue weighted by Gasteiger charge is -2.07. The summed E-state index contributed by atoms with van der Waals surface area (Å²) in [7, 11) is -4.55. The highest BCUT2D eigenvalue weighted by atomic mass is 32.2. The molecule has 0 fully saturated rings. The molecule has 0 saturated carbocycles. The van der Waals surface area contributed by atoms with Gasteiger partial charge >= 0.3 is 0 Å². The van der Waals surface area contributed by atoms with Gasteiger partial charge in [0, 0.05) is 4.90 Å². The molecule has 2 aromatic rings. The first-order valence-electron chi connectivity index (χ1n) is 3.79. The first-order valence-corrected chi connectivity index (χ1v) is 6.42. The normalized spacial score (nSPS) is 12.1. The van der Waals surface area contributed by atoms with Crippen molar-refractivity contribution < 1.29 is 17.6 Å². The van der Waals surface area contributed by atoms with E-state index in [9.17, 15) is 13.0 Å². The fourth-order valence-electron chi connectivity index (χ4n) is 1.19. The molecule has 2 rings (SSSR count). The molecule has 0 radical (unpaired) electrons. The summed E-state index contributed by atoms with van der Waals surface area (Å²) in [5.41, 5.74) is 0.274. The molecule has 0 amide bonds. The average Bonchev–Trinajstić information content (AvgIpc) is 2.62. The number of hydrogen-bond donors (Lipinski definition) is 0. The van der Waals surface area contributed by atoms with Gasteiger partial charge in [-0.1, -0.05) is 0 Å². The van der Waals surface area contributed by atoms with Gasteiger partial charge in [0.1, 0.15) is 15.6 Å². The van der Waals surface area contributed by atoms with Crippen molar-refractivity contribution in [3.05, 3.63) is 12.1 Å². The molecule has 1 heterocycles. The number of hydrogen-bond acceptors (Lipinski definition) is 7. The Morgan fingerprint density at radius 3 is 2.60 bits per heavy atom. The van der Waals surface area contributed by atoms with Gasteiger partial charge in [-0.3, -0.25) is 0 Å². The molecule has 8 heteroatoms. The van der Waals surface area contributed by atoms with Crippen molar-refractivity contribution in [3.63, 3.8) is 0 Å². The maximum Gasteiger partial charge on any atom is 0.153 e. The number of rotatable bonds is 2. The Hall–Kier alpha value is -1.12. The third kappa shape index (κ3) is 1.71. The highest BCUT2D eigenvalue weighted by Gasteiger charge is 2.14. The minimum absolute atomic E-state index is 0.0168. The Morgan fingerprint density at radius 2 is 2.00 bits per heavy atom. The maximum absolute atomic E-state index is 10.9. The first kappa shape index (κ1) is 10.4. The first-order chi connectivity index (χ1) is 7.04. The molecule has 0 N–H and O–H groups in total. The second-order valence-electron chi connectivity index (χ2n) is 2.68. The van der Waals surface area contributed by atoms with Gasteiger partial charge in [-0.15, -0.1) is 11.8 Å². The van der Waals surface area contributed by atoms with E-state index >= 15 is 0 Å². The summed E-state index contributed by atoms with van der Waals surface area (Å²) in [6.45, 7) is 0. The molecule has 1 aromatic heterocycles. The van der Waals surface area contributed by atoms with Gasteiger partial charge in [0.05, 0.1) is 4.90 Å². The molecule has 6 nitrogen and oxygen atoms in total. The molecule has 0 aliphatic rings. The van der Waals surface area contributed by atoms with E-state index in [-0.39, 0.29) is 5.52 Å². The lowest BCUT2D eigenvalue weighted by molar-refractivity contribution is 0.314. The third-order valence-corrected chi connectivity index (χ3v) is 3.47. The van der Waals surface area contributed by atoms with Crippen molar-refractivity contribution in [2.24, 2.45) is 0 Å². The van der Waals surface area contributed by atoms with Crippen molar-refractivity contribution >= 4 is 32.9 Å². The molecule has 15 heavy (non-hydrogen) atoms. The SMILES string of the molecule is CSc1ccc(S(=O)(=O)[O-])c2nonc12. The standard InChI is InChI=1S/C7H6N2O4S2/c1-14-4-2-3-5(15(10,11)12)7-6(4)8-13-9-7/h2-3H,1H3,(H,10,11,12)/p-1. The summed E-state index contributed by atoms with van der Waals surface area (Å²) in [5, 5.41) is 6.97. The topological polar surface area (TPSA) is 96.1 Å². The zero-order chi connectivity index (χ0) is 11.1. The van der Waals surface area contributed by atoms with E-state index in [1.54, 1.807) is 6.26 Å². The largest absolute Gasteiger partial charge is 0.744 e. The molecule has 0 spiro atoms. The van der Waals surface area contributed by atoms with E-state index in [1.165, 1.54) is 23.9 Å². The fourth-order valence-corrected chi connectivity index (χ4v) is 2.32. The van der Waals surface area contributed by atoms with Crippen LogP contribution in [0.15, 0.2) is 26.6 Å². The van der Waals surface area contributed by atoms with E-state index < -0.39 is 15.0 Å². The van der Waals surface area contributed by atoms with Crippen LogP contribution in [0.25, 0.3) is 11.0 Å². The van der Waals surface area contributed by atoms with E-state index in [2.05, 4.69) is 14.9 Å². The number of thioether (sulfide) groups is 1. The van der Waals surface area contributed by atoms with Gasteiger partial charge in [-0.2, -0.15) is 0 Å². The number of benzene rings is 1. The van der Waals surface area contributed by atoms with Crippen LogP contribution in [-0.2, 0) is 10.1 Å². The summed E-state index contributed by atoms with van der Waals surface area (Å²) in [5.74, 6) is 0. The summed E-state index contributed by atoms with van der Waals surface area (Å²) in [6.07, 6.45) is 1.80. The van der Waals surface area contributed by atoms with Gasteiger partial charge in [-0.05, 0) is 28.7 Å². The van der Waals surface area contributed by atoms with Crippen LogP contribution in [0, 0.1) is 0 Å². The van der Waals surface area contributed by atoms with Crippen molar-refractivity contribution in [1.82, 2.24) is 10.3 Å². The molecular formula is C7H5N2O4S2-. The van der Waals surface area contributed by atoms with Gasteiger partial charge < -0.3 is 4.55 Å². The second-order valence-corrected chi connectivity index (χ2v) is 4.88. The van der Waals surface area contributed by atoms with Crippen LogP contribution >= 0.6 is 11.8 Å². The molecule has 0 bridgehead atoms. The Bertz CT molecular complexity index is 604. The van der Waals surface area contributed by atoms with Gasteiger partial charge in [0.15, 0.2) is 5.52 Å². The monoisotopic (exact) mass is 245 g/mol. The van der Waals surface area contributed by atoms with Crippen LogP contribution in [0.4, 0.5) is 0 Å². The smallest absolute Gasteiger partial charge is 0.153 e. The van der Waals surface area contributed by atoms with Crippen LogP contribution in [0.3, 0.4) is 0 Å². The Kier molecular flexibility index (Phi) is 2.41. The van der Waals surface area contributed by atoms with Gasteiger partial charge in [0.2, 0.25) is 0 Å². The molecular weight excluding hydrogens is 240 g/mol. The molecule has 80 valence electrons. The highest BCUT2D eigenvalue weighted by Crippen LogP contribution is 2.28. The van der Waals surface area contributed by atoms with E-state index in [4.69, 9.17) is 0 Å². The Morgan fingerprint density at radius 1 is 1.33 bits per heavy atom. The van der Waals surface area contributed by atoms with E-state index in [1.807, 2.05) is 0 Å². The zero-order valence-corrected chi connectivity index (χ0v) is 9.13. The third-order valence-electron chi connectivity index (χ3n) is 1.83. The van der Waals surface area contributed by atoms with Gasteiger partial charge in [-0.25, -0.2) is 13.0 Å². The summed E-state index contributed by atoms with van der Waals surface area (Å²) >= 11 is 1.36. The van der Waals surface area contributed by atoms with Crippen molar-refractivity contribution in [1.29, 1.82) is 0 Å². The predicted molar refractivity (Wildman–Crippen MR) is 51.5 cm³/mol. The van der Waals surface area contributed by atoms with Crippen LogP contribution in [0.2, 0.25) is 0 Å². The van der Waals surface area contributed by atoms with Crippen LogP contribution in [0.1, 0.15) is 0 Å². The van der Waals surface area contributed by atoms with Crippen LogP contribution < -0.4 is 0 Å². The lowest BCUT2D eigenvalue weighted by atomic mass is 10.3. The quantitative estimate of drug-likeness (QED) is 0.571. The maximum atomic E-state index is 10.9. The molecule has 0 unspecified atom stereocenters. The second kappa shape index (κ2) is 3.47. The minimum atomic E-state index is -4.55. The molecule has 1 aromatic carbocycles. The van der Waals surface area contributed by atoms with E-state index in [0.717, 1.165) is 0 Å². The molecule has 0 saturated heterocycles. The van der Waals surface area contributed by atoms with Crippen LogP contribution in [-0.4, -0.2) is 29.5 Å². The predicted octanol–water partition coefficient (Wildman–Crippen LogP) is 0.849. The molecule has 0 aliphatic heterocycles. The summed E-state index contributed by atoms with van der Waals surface area (Å²) < 4.78 is 37.0. The van der Waals surface area contributed by atoms with Crippen LogP contribution in [0.5, 0.6) is 0 Å². The molecule has 0 aliphatic carbocycles. The zero-order valence-electron chi connectivity index (χ0n) is 7.50. The Balaban J connectivity index is 2.86. The number of fused-ring (bicyclic) bond motifs is 1. The Labute approximate surface area is 89.4 Å².